The fourth-order valence-electron chi connectivity index (χ4n) is 2.60. The number of carbonyl (C=O) groups excluding carboxylic acids is 1. The number of anilines is 1. The molecule has 2 amide bonds. The Balaban J connectivity index is 2.11. The highest BCUT2D eigenvalue weighted by atomic mass is 32.2. The zero-order valence-corrected chi connectivity index (χ0v) is 13.9. The summed E-state index contributed by atoms with van der Waals surface area (Å²) in [6.45, 7) is 4.50. The molecular formula is C15H23N3O3S. The number of aromatic nitrogens is 1. The summed E-state index contributed by atoms with van der Waals surface area (Å²) in [4.78, 5) is 18.2. The van der Waals surface area contributed by atoms with Crippen LogP contribution in [0.4, 0.5) is 10.5 Å². The van der Waals surface area contributed by atoms with Crippen molar-refractivity contribution < 1.29 is 13.2 Å². The molecule has 7 heteroatoms. The predicted octanol–water partition coefficient (Wildman–Crippen LogP) is 2.21. The van der Waals surface area contributed by atoms with Crippen LogP contribution in [-0.4, -0.2) is 48.4 Å². The van der Waals surface area contributed by atoms with E-state index < -0.39 is 9.84 Å². The molecule has 1 aliphatic rings. The molecule has 6 nitrogen and oxygen atoms in total. The van der Waals surface area contributed by atoms with Gasteiger partial charge in [-0.2, -0.15) is 0 Å². The van der Waals surface area contributed by atoms with E-state index in [1.54, 1.807) is 23.4 Å². The van der Waals surface area contributed by atoms with E-state index in [0.717, 1.165) is 18.4 Å². The van der Waals surface area contributed by atoms with Crippen LogP contribution in [0.2, 0.25) is 0 Å². The van der Waals surface area contributed by atoms with Crippen LogP contribution in [0.5, 0.6) is 0 Å². The van der Waals surface area contributed by atoms with Gasteiger partial charge in [-0.05, 0) is 31.4 Å². The summed E-state index contributed by atoms with van der Waals surface area (Å²) >= 11 is 0. The summed E-state index contributed by atoms with van der Waals surface area (Å²) in [6.07, 6.45) is 5.65. The number of sulfone groups is 1. The Labute approximate surface area is 131 Å². The second-order valence-corrected chi connectivity index (χ2v) is 7.95. The van der Waals surface area contributed by atoms with Crippen LogP contribution in [0, 0.1) is 6.92 Å². The zero-order chi connectivity index (χ0) is 16.2. The molecule has 1 fully saturated rings. The van der Waals surface area contributed by atoms with Gasteiger partial charge in [0.25, 0.3) is 0 Å². The first-order valence-corrected chi connectivity index (χ1v) is 9.43. The van der Waals surface area contributed by atoms with Crippen molar-refractivity contribution in [1.82, 2.24) is 9.88 Å². The number of nitrogens with zero attached hydrogens (tertiary/aromatic N) is 2. The van der Waals surface area contributed by atoms with Gasteiger partial charge >= 0.3 is 6.03 Å². The number of hydrogen-bond donors (Lipinski definition) is 1. The van der Waals surface area contributed by atoms with Crippen LogP contribution in [0.1, 0.15) is 31.7 Å². The lowest BCUT2D eigenvalue weighted by Crippen LogP contribution is -2.44. The molecule has 22 heavy (non-hydrogen) atoms. The second-order valence-electron chi connectivity index (χ2n) is 5.72. The quantitative estimate of drug-likeness (QED) is 0.900. The van der Waals surface area contributed by atoms with Crippen LogP contribution >= 0.6 is 0 Å². The van der Waals surface area contributed by atoms with Crippen LogP contribution in [0.3, 0.4) is 0 Å². The summed E-state index contributed by atoms with van der Waals surface area (Å²) < 4.78 is 23.4. The number of urea groups is 1. The van der Waals surface area contributed by atoms with Crippen LogP contribution in [0.25, 0.3) is 0 Å². The summed E-state index contributed by atoms with van der Waals surface area (Å²) in [5, 5.41) is 2.88. The van der Waals surface area contributed by atoms with Gasteiger partial charge in [-0.3, -0.25) is 4.98 Å². The molecule has 1 atom stereocenters. The summed E-state index contributed by atoms with van der Waals surface area (Å²) in [5.41, 5.74) is 1.59. The van der Waals surface area contributed by atoms with Gasteiger partial charge in [0.05, 0.1) is 11.5 Å². The van der Waals surface area contributed by atoms with Crippen molar-refractivity contribution in [2.45, 2.75) is 39.2 Å². The van der Waals surface area contributed by atoms with Crippen LogP contribution in [0.15, 0.2) is 18.5 Å². The number of unbranched alkanes of at least 4 members (excludes halogenated alkanes) is 1. The number of rotatable bonds is 5. The van der Waals surface area contributed by atoms with Crippen LogP contribution in [-0.2, 0) is 9.84 Å². The maximum atomic E-state index is 12.6. The molecule has 0 spiro atoms. The first-order chi connectivity index (χ1) is 10.4. The summed E-state index contributed by atoms with van der Waals surface area (Å²) in [7, 11) is -3.01. The Hall–Kier alpha value is -1.63. The van der Waals surface area contributed by atoms with Crippen molar-refractivity contribution in [2.75, 3.05) is 23.4 Å². The molecule has 1 aliphatic heterocycles. The lowest BCUT2D eigenvalue weighted by Gasteiger charge is -2.28. The molecule has 0 aromatic carbocycles. The van der Waals surface area contributed by atoms with Gasteiger partial charge in [0.15, 0.2) is 9.84 Å². The fourth-order valence-corrected chi connectivity index (χ4v) is 4.33. The summed E-state index contributed by atoms with van der Waals surface area (Å²) in [5.74, 6) is 0.237. The normalized spacial score (nSPS) is 19.8. The van der Waals surface area contributed by atoms with E-state index in [4.69, 9.17) is 0 Å². The SMILES string of the molecule is CCCCN(C(=O)Nc1ccncc1C)[C@@H]1CCS(=O)(=O)C1. The fraction of sp³-hybridized carbons (Fsp3) is 0.600. The maximum absolute atomic E-state index is 12.6. The maximum Gasteiger partial charge on any atom is 0.322 e. The summed E-state index contributed by atoms with van der Waals surface area (Å²) in [6, 6.07) is 1.29. The highest BCUT2D eigenvalue weighted by Crippen LogP contribution is 2.20. The monoisotopic (exact) mass is 325 g/mol. The average Bonchev–Trinajstić information content (AvgIpc) is 2.82. The topological polar surface area (TPSA) is 79.4 Å². The molecule has 2 heterocycles. The van der Waals surface area contributed by atoms with Gasteiger partial charge in [0.1, 0.15) is 0 Å². The molecule has 0 unspecified atom stereocenters. The third-order valence-electron chi connectivity index (χ3n) is 3.92. The molecular weight excluding hydrogens is 302 g/mol. The Kier molecular flexibility index (Phi) is 5.39. The highest BCUT2D eigenvalue weighted by Gasteiger charge is 2.34. The first-order valence-electron chi connectivity index (χ1n) is 7.61. The van der Waals surface area contributed by atoms with Crippen molar-refractivity contribution in [3.8, 4) is 0 Å². The van der Waals surface area contributed by atoms with E-state index in [2.05, 4.69) is 17.2 Å². The van der Waals surface area contributed by atoms with Gasteiger partial charge in [-0.15, -0.1) is 0 Å². The third kappa shape index (κ3) is 4.19. The van der Waals surface area contributed by atoms with E-state index in [1.165, 1.54) is 0 Å². The number of carbonyl (C=O) groups is 1. The third-order valence-corrected chi connectivity index (χ3v) is 5.67. The van der Waals surface area contributed by atoms with Crippen molar-refractivity contribution in [3.63, 3.8) is 0 Å². The predicted molar refractivity (Wildman–Crippen MR) is 86.7 cm³/mol. The number of pyridine rings is 1. The minimum Gasteiger partial charge on any atom is -0.320 e. The Morgan fingerprint density at radius 3 is 2.86 bits per heavy atom. The molecule has 1 aromatic rings. The van der Waals surface area contributed by atoms with Gasteiger partial charge in [0.2, 0.25) is 0 Å². The number of aryl methyl sites for hydroxylation is 1. The van der Waals surface area contributed by atoms with Gasteiger partial charge < -0.3 is 10.2 Å². The number of nitrogens with one attached hydrogen (secondary N) is 1. The molecule has 1 saturated heterocycles. The van der Waals surface area contributed by atoms with E-state index in [1.807, 2.05) is 6.92 Å². The average molecular weight is 325 g/mol. The Morgan fingerprint density at radius 2 is 2.27 bits per heavy atom. The lowest BCUT2D eigenvalue weighted by molar-refractivity contribution is 0.192. The molecule has 122 valence electrons. The number of amides is 2. The zero-order valence-electron chi connectivity index (χ0n) is 13.1. The Morgan fingerprint density at radius 1 is 1.50 bits per heavy atom. The van der Waals surface area contributed by atoms with Gasteiger partial charge in [-0.25, -0.2) is 13.2 Å². The molecule has 2 rings (SSSR count). The largest absolute Gasteiger partial charge is 0.322 e. The minimum absolute atomic E-state index is 0.0689. The van der Waals surface area contributed by atoms with E-state index in [0.29, 0.717) is 18.7 Å². The minimum atomic E-state index is -3.01. The molecule has 1 aromatic heterocycles. The molecule has 0 radical (unpaired) electrons. The second kappa shape index (κ2) is 7.09. The van der Waals surface area contributed by atoms with E-state index in [-0.39, 0.29) is 23.6 Å². The van der Waals surface area contributed by atoms with Crippen molar-refractivity contribution >= 4 is 21.6 Å². The van der Waals surface area contributed by atoms with Crippen molar-refractivity contribution in [1.29, 1.82) is 0 Å². The van der Waals surface area contributed by atoms with E-state index in [9.17, 15) is 13.2 Å². The van der Waals surface area contributed by atoms with Gasteiger partial charge in [-0.1, -0.05) is 13.3 Å². The van der Waals surface area contributed by atoms with Gasteiger partial charge in [0, 0.05) is 30.7 Å². The molecule has 0 bridgehead atoms. The highest BCUT2D eigenvalue weighted by molar-refractivity contribution is 7.91. The van der Waals surface area contributed by atoms with Crippen molar-refractivity contribution in [2.24, 2.45) is 0 Å². The molecule has 1 N–H and O–H groups in total. The first kappa shape index (κ1) is 16.7. The van der Waals surface area contributed by atoms with Crippen molar-refractivity contribution in [3.05, 3.63) is 24.0 Å². The molecule has 0 saturated carbocycles. The lowest BCUT2D eigenvalue weighted by atomic mass is 10.2. The van der Waals surface area contributed by atoms with Crippen LogP contribution < -0.4 is 5.32 Å². The van der Waals surface area contributed by atoms with E-state index >= 15 is 0 Å². The standard InChI is InChI=1S/C15H23N3O3S/c1-3-4-8-18(13-6-9-22(20,21)11-13)15(19)17-14-5-7-16-10-12(14)2/h5,7,10,13H,3-4,6,8-9,11H2,1-2H3,(H,16,17,19)/t13-/m1/s1. The molecule has 0 aliphatic carbocycles. The number of hydrogen-bond acceptors (Lipinski definition) is 4. The Bertz CT molecular complexity index is 631. The smallest absolute Gasteiger partial charge is 0.320 e.